The Kier molecular flexibility index (Phi) is 10.1. The van der Waals surface area contributed by atoms with Gasteiger partial charge in [-0.15, -0.1) is 23.1 Å². The Bertz CT molecular complexity index is 1430. The van der Waals surface area contributed by atoms with Crippen LogP contribution in [0.25, 0.3) is 6.08 Å². The Hall–Kier alpha value is -4.44. The number of amides is 2. The van der Waals surface area contributed by atoms with Crippen LogP contribution >= 0.6 is 23.1 Å². The molecule has 1 saturated heterocycles. The third-order valence-corrected chi connectivity index (χ3v) is 7.95. The molecule has 0 bridgehead atoms. The summed E-state index contributed by atoms with van der Waals surface area (Å²) >= 11 is 2.36. The molecular weight excluding hydrogens is 588 g/mol. The molecule has 1 fully saturated rings. The van der Waals surface area contributed by atoms with Crippen LogP contribution in [-0.2, 0) is 28.6 Å². The maximum Gasteiger partial charge on any atom is 0.511 e. The van der Waals surface area contributed by atoms with E-state index in [1.54, 1.807) is 30.6 Å². The predicted octanol–water partition coefficient (Wildman–Crippen LogP) is 2.51. The standard InChI is InChI=1S/C26H28N6O8S2/c1-3-4-10-38-26(36)40-14(2)39-24(35)20-16(8-7-15-6-5-9-28-11-15)12-41-23-19(22(34)32(20)23)30-21(33)18(31-37)17-13-42-25(27)29-17/h5-9,11,13-14,19,23,37H,3-4,10,12H2,1-2H3,(H2,27,29)(H,30,33)/b8-7-,31-18-/t14?,19-,23-/m1/s1. The van der Waals surface area contributed by atoms with Gasteiger partial charge >= 0.3 is 12.1 Å². The molecular formula is C26H28N6O8S2. The van der Waals surface area contributed by atoms with Crippen LogP contribution in [0.2, 0.25) is 0 Å². The quantitative estimate of drug-likeness (QED) is 0.0636. The number of hydrogen-bond acceptors (Lipinski definition) is 14. The topological polar surface area (TPSA) is 196 Å². The highest BCUT2D eigenvalue weighted by molar-refractivity contribution is 8.00. The molecule has 14 nitrogen and oxygen atoms in total. The summed E-state index contributed by atoms with van der Waals surface area (Å²) < 4.78 is 15.3. The number of ether oxygens (including phenoxy) is 3. The first-order valence-corrected chi connectivity index (χ1v) is 14.7. The van der Waals surface area contributed by atoms with Crippen molar-refractivity contribution in [2.75, 3.05) is 18.1 Å². The molecule has 16 heteroatoms. The summed E-state index contributed by atoms with van der Waals surface area (Å²) in [5.74, 6) is -2.07. The van der Waals surface area contributed by atoms with Gasteiger partial charge < -0.3 is 30.5 Å². The Balaban J connectivity index is 1.52. The number of nitrogen functional groups attached to an aromatic ring is 1. The van der Waals surface area contributed by atoms with E-state index >= 15 is 0 Å². The number of nitrogens with two attached hydrogens (primary N) is 1. The second-order valence-corrected chi connectivity index (χ2v) is 10.9. The highest BCUT2D eigenvalue weighted by atomic mass is 32.2. The first-order chi connectivity index (χ1) is 20.2. The summed E-state index contributed by atoms with van der Waals surface area (Å²) in [6.07, 6.45) is 5.83. The van der Waals surface area contributed by atoms with Gasteiger partial charge in [-0.1, -0.05) is 36.7 Å². The van der Waals surface area contributed by atoms with Crippen LogP contribution in [0.1, 0.15) is 37.9 Å². The molecule has 0 saturated carbocycles. The Morgan fingerprint density at radius 3 is 2.81 bits per heavy atom. The number of nitrogens with zero attached hydrogens (tertiary/aromatic N) is 4. The van der Waals surface area contributed by atoms with Crippen LogP contribution in [0.5, 0.6) is 0 Å². The number of nitrogens with one attached hydrogen (secondary N) is 1. The number of rotatable bonds is 11. The Morgan fingerprint density at radius 1 is 1.33 bits per heavy atom. The van der Waals surface area contributed by atoms with Crippen molar-refractivity contribution < 1.29 is 38.6 Å². The first kappa shape index (κ1) is 30.5. The summed E-state index contributed by atoms with van der Waals surface area (Å²) in [5.41, 5.74) is 6.41. The minimum absolute atomic E-state index is 0.0478. The summed E-state index contributed by atoms with van der Waals surface area (Å²) in [5, 5.41) is 15.9. The lowest BCUT2D eigenvalue weighted by molar-refractivity contribution is -0.169. The van der Waals surface area contributed by atoms with E-state index in [0.717, 1.165) is 23.3 Å². The van der Waals surface area contributed by atoms with E-state index in [-0.39, 0.29) is 28.9 Å². The number of pyridine rings is 1. The number of thiazole rings is 1. The molecule has 0 spiro atoms. The minimum Gasteiger partial charge on any atom is -0.434 e. The second kappa shape index (κ2) is 14.0. The number of fused-ring (bicyclic) bond motifs is 1. The third kappa shape index (κ3) is 7.06. The van der Waals surface area contributed by atoms with E-state index < -0.39 is 47.4 Å². The van der Waals surface area contributed by atoms with Crippen LogP contribution in [-0.4, -0.2) is 79.8 Å². The molecule has 1 unspecified atom stereocenters. The van der Waals surface area contributed by atoms with Gasteiger partial charge in [-0.2, -0.15) is 0 Å². The van der Waals surface area contributed by atoms with Gasteiger partial charge in [0.1, 0.15) is 22.8 Å². The molecule has 4 N–H and O–H groups in total. The van der Waals surface area contributed by atoms with Gasteiger partial charge in [0.2, 0.25) is 6.29 Å². The van der Waals surface area contributed by atoms with Crippen molar-refractivity contribution in [1.82, 2.24) is 20.2 Å². The van der Waals surface area contributed by atoms with E-state index in [9.17, 15) is 24.4 Å². The molecule has 3 atom stereocenters. The smallest absolute Gasteiger partial charge is 0.434 e. The van der Waals surface area contributed by atoms with Crippen molar-refractivity contribution >= 4 is 64.0 Å². The maximum atomic E-state index is 13.4. The summed E-state index contributed by atoms with van der Waals surface area (Å²) in [7, 11) is 0. The summed E-state index contributed by atoms with van der Waals surface area (Å²) in [6, 6.07) is 2.53. The summed E-state index contributed by atoms with van der Waals surface area (Å²) in [6.45, 7) is 3.45. The van der Waals surface area contributed by atoms with Gasteiger partial charge in [0.15, 0.2) is 10.8 Å². The number of esters is 1. The van der Waals surface area contributed by atoms with Crippen molar-refractivity contribution in [3.63, 3.8) is 0 Å². The fraction of sp³-hybridized carbons (Fsp3) is 0.346. The number of unbranched alkanes of at least 4 members (excludes halogenated alkanes) is 1. The van der Waals surface area contributed by atoms with E-state index in [0.29, 0.717) is 12.0 Å². The summed E-state index contributed by atoms with van der Waals surface area (Å²) in [4.78, 5) is 60.6. The molecule has 0 aromatic carbocycles. The number of aromatic nitrogens is 2. The molecule has 0 radical (unpaired) electrons. The monoisotopic (exact) mass is 616 g/mol. The zero-order chi connectivity index (χ0) is 30.2. The third-order valence-electron chi connectivity index (χ3n) is 5.97. The molecule has 2 aromatic heterocycles. The van der Waals surface area contributed by atoms with E-state index in [1.165, 1.54) is 29.0 Å². The van der Waals surface area contributed by atoms with Crippen molar-refractivity contribution in [1.29, 1.82) is 0 Å². The van der Waals surface area contributed by atoms with Gasteiger partial charge in [0, 0.05) is 30.5 Å². The minimum atomic E-state index is -1.31. The van der Waals surface area contributed by atoms with Gasteiger partial charge in [-0.05, 0) is 23.6 Å². The highest BCUT2D eigenvalue weighted by Crippen LogP contribution is 2.41. The molecule has 0 aliphatic carbocycles. The maximum absolute atomic E-state index is 13.4. The average molecular weight is 617 g/mol. The van der Waals surface area contributed by atoms with Crippen LogP contribution in [0.3, 0.4) is 0 Å². The van der Waals surface area contributed by atoms with Gasteiger partial charge in [-0.3, -0.25) is 19.5 Å². The number of oxime groups is 1. The lowest BCUT2D eigenvalue weighted by Gasteiger charge is -2.49. The number of carbonyl (C=O) groups excluding carboxylic acids is 4. The van der Waals surface area contributed by atoms with E-state index in [2.05, 4.69) is 20.4 Å². The molecule has 42 heavy (non-hydrogen) atoms. The first-order valence-electron chi connectivity index (χ1n) is 12.8. The number of thioether (sulfide) groups is 1. The Morgan fingerprint density at radius 2 is 2.14 bits per heavy atom. The van der Waals surface area contributed by atoms with Crippen LogP contribution < -0.4 is 11.1 Å². The van der Waals surface area contributed by atoms with Crippen molar-refractivity contribution in [3.05, 3.63) is 58.5 Å². The number of carbonyl (C=O) groups is 4. The van der Waals surface area contributed by atoms with Crippen molar-refractivity contribution in [3.8, 4) is 0 Å². The highest BCUT2D eigenvalue weighted by Gasteiger charge is 2.54. The number of allylic oxidation sites excluding steroid dienone is 1. The largest absolute Gasteiger partial charge is 0.511 e. The van der Waals surface area contributed by atoms with Gasteiger partial charge in [-0.25, -0.2) is 14.6 Å². The van der Waals surface area contributed by atoms with Gasteiger partial charge in [0.25, 0.3) is 11.8 Å². The Labute approximate surface area is 248 Å². The number of β-lactam (4-membered cyclic amide) rings is 1. The van der Waals surface area contributed by atoms with Crippen molar-refractivity contribution in [2.24, 2.45) is 5.16 Å². The number of anilines is 1. The molecule has 2 aliphatic rings. The fourth-order valence-corrected chi connectivity index (χ4v) is 5.82. The van der Waals surface area contributed by atoms with E-state index in [4.69, 9.17) is 19.9 Å². The SMILES string of the molecule is CCCCOC(=O)OC(C)OC(=O)C1=C(/C=C\c2cccnc2)CS[C@@H]2[C@H](NC(=O)/C(=N\O)c3csc(N)n3)C(=O)N12. The lowest BCUT2D eigenvalue weighted by atomic mass is 10.0. The fourth-order valence-electron chi connectivity index (χ4n) is 3.95. The van der Waals surface area contributed by atoms with E-state index in [1.807, 2.05) is 13.0 Å². The predicted molar refractivity (Wildman–Crippen MR) is 153 cm³/mol. The van der Waals surface area contributed by atoms with Crippen LogP contribution in [0, 0.1) is 0 Å². The van der Waals surface area contributed by atoms with Crippen LogP contribution in [0.4, 0.5) is 9.93 Å². The average Bonchev–Trinajstić information content (AvgIpc) is 3.40. The lowest BCUT2D eigenvalue weighted by Crippen LogP contribution is -2.71. The molecule has 2 aliphatic heterocycles. The molecule has 2 amide bonds. The molecule has 2 aromatic rings. The van der Waals surface area contributed by atoms with Crippen LogP contribution in [0.15, 0.2) is 52.4 Å². The molecule has 4 rings (SSSR count). The normalized spacial score (nSPS) is 19.1. The van der Waals surface area contributed by atoms with Crippen molar-refractivity contribution in [2.45, 2.75) is 44.4 Å². The van der Waals surface area contributed by atoms with Gasteiger partial charge in [0.05, 0.1) is 6.61 Å². The number of hydrogen-bond donors (Lipinski definition) is 3. The zero-order valence-corrected chi connectivity index (χ0v) is 24.2. The zero-order valence-electron chi connectivity index (χ0n) is 22.6. The molecule has 4 heterocycles. The second-order valence-electron chi connectivity index (χ2n) is 8.92. The molecule has 222 valence electrons.